The summed E-state index contributed by atoms with van der Waals surface area (Å²) in [7, 11) is -3.73. The van der Waals surface area contributed by atoms with Gasteiger partial charge >= 0.3 is 0 Å². The molecule has 24 heavy (non-hydrogen) atoms. The lowest BCUT2D eigenvalue weighted by molar-refractivity contribution is -0.121. The Morgan fingerprint density at radius 2 is 1.67 bits per heavy atom. The SMILES string of the molecule is O=C1CC(S(=O)(=O)C2CCCCC2)C(=O)N1c1ccc(O)c(O)c1. The molecule has 1 aliphatic heterocycles. The maximum atomic E-state index is 12.8. The minimum atomic E-state index is -3.73. The van der Waals surface area contributed by atoms with Crippen molar-refractivity contribution < 1.29 is 28.2 Å². The average molecular weight is 353 g/mol. The van der Waals surface area contributed by atoms with Gasteiger partial charge in [0.25, 0.3) is 5.91 Å². The van der Waals surface area contributed by atoms with E-state index in [1.165, 1.54) is 6.07 Å². The molecule has 0 spiro atoms. The summed E-state index contributed by atoms with van der Waals surface area (Å²) in [5.74, 6) is -2.26. The largest absolute Gasteiger partial charge is 0.504 e. The number of hydrogen-bond donors (Lipinski definition) is 2. The predicted molar refractivity (Wildman–Crippen MR) is 86.5 cm³/mol. The zero-order chi connectivity index (χ0) is 17.5. The number of anilines is 1. The molecule has 2 N–H and O–H groups in total. The molecular formula is C16H19NO6S. The van der Waals surface area contributed by atoms with E-state index < -0.39 is 37.9 Å². The summed E-state index contributed by atoms with van der Waals surface area (Å²) in [5, 5.41) is 17.0. The molecule has 8 heteroatoms. The molecule has 0 bridgehead atoms. The zero-order valence-corrected chi connectivity index (χ0v) is 13.8. The molecule has 1 heterocycles. The number of imide groups is 1. The fourth-order valence-electron chi connectivity index (χ4n) is 3.41. The molecule has 1 aliphatic carbocycles. The van der Waals surface area contributed by atoms with Crippen LogP contribution < -0.4 is 4.90 Å². The van der Waals surface area contributed by atoms with Crippen molar-refractivity contribution in [3.63, 3.8) is 0 Å². The topological polar surface area (TPSA) is 112 Å². The first kappa shape index (κ1) is 16.8. The third-order valence-corrected chi connectivity index (χ3v) is 7.30. The summed E-state index contributed by atoms with van der Waals surface area (Å²) in [4.78, 5) is 25.6. The lowest BCUT2D eigenvalue weighted by Crippen LogP contribution is -2.40. The Bertz CT molecular complexity index is 782. The van der Waals surface area contributed by atoms with Gasteiger partial charge in [0, 0.05) is 6.07 Å². The van der Waals surface area contributed by atoms with Crippen molar-refractivity contribution in [1.29, 1.82) is 0 Å². The highest BCUT2D eigenvalue weighted by molar-refractivity contribution is 7.93. The number of carbonyl (C=O) groups is 2. The van der Waals surface area contributed by atoms with Gasteiger partial charge < -0.3 is 10.2 Å². The first-order valence-electron chi connectivity index (χ1n) is 7.94. The second-order valence-corrected chi connectivity index (χ2v) is 8.70. The van der Waals surface area contributed by atoms with E-state index in [0.717, 1.165) is 36.3 Å². The van der Waals surface area contributed by atoms with Crippen molar-refractivity contribution in [2.75, 3.05) is 4.90 Å². The summed E-state index contributed by atoms with van der Waals surface area (Å²) in [6.07, 6.45) is 3.30. The summed E-state index contributed by atoms with van der Waals surface area (Å²) < 4.78 is 25.5. The molecule has 0 aromatic heterocycles. The number of hydrogen-bond acceptors (Lipinski definition) is 6. The van der Waals surface area contributed by atoms with E-state index >= 15 is 0 Å². The van der Waals surface area contributed by atoms with Crippen molar-refractivity contribution in [2.24, 2.45) is 0 Å². The van der Waals surface area contributed by atoms with E-state index in [1.54, 1.807) is 0 Å². The van der Waals surface area contributed by atoms with Gasteiger partial charge in [-0.05, 0) is 25.0 Å². The standard InChI is InChI=1S/C16H19NO6S/c18-12-7-6-10(8-13(12)19)17-15(20)9-14(16(17)21)24(22,23)11-4-2-1-3-5-11/h6-8,11,14,18-19H,1-5,9H2. The van der Waals surface area contributed by atoms with Crippen LogP contribution in [0.1, 0.15) is 38.5 Å². The normalized spacial score (nSPS) is 23.0. The molecule has 1 saturated carbocycles. The van der Waals surface area contributed by atoms with Crippen LogP contribution in [0.25, 0.3) is 0 Å². The number of phenolic OH excluding ortho intramolecular Hbond substituents is 2. The van der Waals surface area contributed by atoms with E-state index in [9.17, 15) is 28.2 Å². The second-order valence-electron chi connectivity index (χ2n) is 6.28. The van der Waals surface area contributed by atoms with Gasteiger partial charge in [0.05, 0.1) is 17.4 Å². The van der Waals surface area contributed by atoms with Gasteiger partial charge in [-0.15, -0.1) is 0 Å². The summed E-state index contributed by atoms with van der Waals surface area (Å²) in [6, 6.07) is 3.51. The van der Waals surface area contributed by atoms with Crippen LogP contribution in [0.15, 0.2) is 18.2 Å². The number of aromatic hydroxyl groups is 2. The Labute approximate surface area is 139 Å². The van der Waals surface area contributed by atoms with E-state index in [4.69, 9.17) is 0 Å². The molecule has 1 aromatic rings. The lowest BCUT2D eigenvalue weighted by Gasteiger charge is -2.24. The fourth-order valence-corrected chi connectivity index (χ4v) is 5.63. The maximum absolute atomic E-state index is 12.8. The van der Waals surface area contributed by atoms with Crippen molar-refractivity contribution in [3.8, 4) is 11.5 Å². The van der Waals surface area contributed by atoms with Crippen LogP contribution in [0, 0.1) is 0 Å². The smallest absolute Gasteiger partial charge is 0.252 e. The summed E-state index contributed by atoms with van der Waals surface area (Å²) >= 11 is 0. The Hall–Kier alpha value is -2.09. The first-order chi connectivity index (χ1) is 11.3. The number of carbonyl (C=O) groups excluding carboxylic acids is 2. The quantitative estimate of drug-likeness (QED) is 0.629. The van der Waals surface area contributed by atoms with E-state index in [0.29, 0.717) is 12.8 Å². The highest BCUT2D eigenvalue weighted by Crippen LogP contribution is 2.35. The molecule has 7 nitrogen and oxygen atoms in total. The highest BCUT2D eigenvalue weighted by Gasteiger charge is 2.49. The van der Waals surface area contributed by atoms with E-state index in [-0.39, 0.29) is 17.9 Å². The van der Waals surface area contributed by atoms with Gasteiger partial charge in [-0.2, -0.15) is 0 Å². The van der Waals surface area contributed by atoms with Crippen molar-refractivity contribution >= 4 is 27.3 Å². The van der Waals surface area contributed by atoms with E-state index in [1.807, 2.05) is 0 Å². The number of sulfone groups is 1. The molecule has 1 atom stereocenters. The molecule has 2 fully saturated rings. The van der Waals surface area contributed by atoms with Gasteiger partial charge in [0.1, 0.15) is 5.25 Å². The Balaban J connectivity index is 1.89. The second kappa shape index (κ2) is 6.08. The summed E-state index contributed by atoms with van der Waals surface area (Å²) in [6.45, 7) is 0. The van der Waals surface area contributed by atoms with Gasteiger partial charge in [-0.1, -0.05) is 19.3 Å². The third kappa shape index (κ3) is 2.75. The van der Waals surface area contributed by atoms with Crippen LogP contribution in [0.4, 0.5) is 5.69 Å². The minimum Gasteiger partial charge on any atom is -0.504 e. The van der Waals surface area contributed by atoms with Gasteiger partial charge in [0.15, 0.2) is 21.3 Å². The molecule has 130 valence electrons. The average Bonchev–Trinajstić information content (AvgIpc) is 2.86. The maximum Gasteiger partial charge on any atom is 0.252 e. The van der Waals surface area contributed by atoms with Crippen LogP contribution in [0.2, 0.25) is 0 Å². The van der Waals surface area contributed by atoms with Crippen LogP contribution in [-0.4, -0.2) is 40.9 Å². The van der Waals surface area contributed by atoms with Crippen LogP contribution >= 0.6 is 0 Å². The Kier molecular flexibility index (Phi) is 4.25. The van der Waals surface area contributed by atoms with Crippen molar-refractivity contribution in [3.05, 3.63) is 18.2 Å². The fraction of sp³-hybridized carbons (Fsp3) is 0.500. The van der Waals surface area contributed by atoms with Crippen LogP contribution in [0.5, 0.6) is 11.5 Å². The molecule has 1 aromatic carbocycles. The van der Waals surface area contributed by atoms with E-state index in [2.05, 4.69) is 0 Å². The number of phenols is 2. The van der Waals surface area contributed by atoms with Crippen LogP contribution in [0.3, 0.4) is 0 Å². The Morgan fingerprint density at radius 1 is 1.00 bits per heavy atom. The molecule has 1 unspecified atom stereocenters. The van der Waals surface area contributed by atoms with Crippen LogP contribution in [-0.2, 0) is 19.4 Å². The lowest BCUT2D eigenvalue weighted by atomic mass is 10.0. The predicted octanol–water partition coefficient (Wildman–Crippen LogP) is 1.48. The number of rotatable bonds is 3. The monoisotopic (exact) mass is 353 g/mol. The van der Waals surface area contributed by atoms with Gasteiger partial charge in [0.2, 0.25) is 5.91 Å². The molecule has 0 radical (unpaired) electrons. The molecule has 1 saturated heterocycles. The minimum absolute atomic E-state index is 0.0571. The van der Waals surface area contributed by atoms with Crippen molar-refractivity contribution in [1.82, 2.24) is 0 Å². The van der Waals surface area contributed by atoms with Crippen molar-refractivity contribution in [2.45, 2.75) is 49.0 Å². The molecule has 3 rings (SSSR count). The summed E-state index contributed by atoms with van der Waals surface area (Å²) in [5.41, 5.74) is 0.0571. The Morgan fingerprint density at radius 3 is 2.29 bits per heavy atom. The molecule has 2 amide bonds. The highest BCUT2D eigenvalue weighted by atomic mass is 32.2. The number of amides is 2. The molecular weight excluding hydrogens is 334 g/mol. The number of nitrogens with zero attached hydrogens (tertiary/aromatic N) is 1. The number of benzene rings is 1. The van der Waals surface area contributed by atoms with Gasteiger partial charge in [-0.3, -0.25) is 9.59 Å². The van der Waals surface area contributed by atoms with Gasteiger partial charge in [-0.25, -0.2) is 13.3 Å². The molecule has 2 aliphatic rings. The first-order valence-corrected chi connectivity index (χ1v) is 9.55. The third-order valence-electron chi connectivity index (χ3n) is 4.74. The zero-order valence-electron chi connectivity index (χ0n) is 13.0.